The minimum absolute atomic E-state index is 0.178. The zero-order chi connectivity index (χ0) is 20.7. The van der Waals surface area contributed by atoms with Crippen LogP contribution in [0.3, 0.4) is 0 Å². The number of hydrogen-bond acceptors (Lipinski definition) is 8. The predicted octanol–water partition coefficient (Wildman–Crippen LogP) is 2.98. The summed E-state index contributed by atoms with van der Waals surface area (Å²) in [4.78, 5) is 4.62. The summed E-state index contributed by atoms with van der Waals surface area (Å²) in [7, 11) is -3.69. The molecule has 10 heteroatoms. The fourth-order valence-electron chi connectivity index (χ4n) is 3.75. The number of furan rings is 1. The maximum Gasteiger partial charge on any atom is 0.243 e. The first-order valence-corrected chi connectivity index (χ1v) is 11.2. The van der Waals surface area contributed by atoms with Gasteiger partial charge in [-0.15, -0.1) is 0 Å². The summed E-state index contributed by atoms with van der Waals surface area (Å²) < 4.78 is 49.9. The average Bonchev–Trinajstić information content (AvgIpc) is 3.43. The quantitative estimate of drug-likeness (QED) is 0.620. The van der Waals surface area contributed by atoms with Gasteiger partial charge in [0.15, 0.2) is 17.3 Å². The number of aryl methyl sites for hydroxylation is 1. The lowest BCUT2D eigenvalue weighted by atomic mass is 10.00. The van der Waals surface area contributed by atoms with Crippen LogP contribution in [0.15, 0.2) is 44.2 Å². The topological polar surface area (TPSA) is 108 Å². The highest BCUT2D eigenvalue weighted by molar-refractivity contribution is 7.89. The molecular weight excluding hydrogens is 410 g/mol. The first kappa shape index (κ1) is 19.1. The van der Waals surface area contributed by atoms with Crippen molar-refractivity contribution in [1.82, 2.24) is 14.4 Å². The van der Waals surface area contributed by atoms with Crippen LogP contribution >= 0.6 is 0 Å². The number of aromatic nitrogens is 2. The molecule has 158 valence electrons. The maximum atomic E-state index is 13.2. The Balaban J connectivity index is 1.37. The molecule has 1 aromatic carbocycles. The molecule has 1 saturated heterocycles. The second kappa shape index (κ2) is 7.44. The van der Waals surface area contributed by atoms with Gasteiger partial charge >= 0.3 is 0 Å². The van der Waals surface area contributed by atoms with Gasteiger partial charge < -0.3 is 18.4 Å². The highest BCUT2D eigenvalue weighted by Crippen LogP contribution is 2.35. The lowest BCUT2D eigenvalue weighted by molar-refractivity contribution is 0.171. The Morgan fingerprint density at radius 2 is 1.93 bits per heavy atom. The monoisotopic (exact) mass is 431 g/mol. The third kappa shape index (κ3) is 3.46. The molecular formula is C20H21N3O6S. The molecule has 1 atom stereocenters. The Morgan fingerprint density at radius 3 is 2.73 bits per heavy atom. The van der Waals surface area contributed by atoms with E-state index in [0.29, 0.717) is 55.2 Å². The van der Waals surface area contributed by atoms with Crippen LogP contribution in [0.4, 0.5) is 0 Å². The lowest BCUT2D eigenvalue weighted by Gasteiger charge is -2.30. The van der Waals surface area contributed by atoms with Gasteiger partial charge in [0.25, 0.3) is 0 Å². The third-order valence-electron chi connectivity index (χ3n) is 5.29. The molecule has 0 bridgehead atoms. The number of fused-ring (bicyclic) bond motifs is 1. The second-order valence-corrected chi connectivity index (χ2v) is 9.31. The van der Waals surface area contributed by atoms with E-state index in [1.165, 1.54) is 10.4 Å². The van der Waals surface area contributed by atoms with Crippen molar-refractivity contribution in [3.63, 3.8) is 0 Å². The molecule has 4 heterocycles. The van der Waals surface area contributed by atoms with Crippen molar-refractivity contribution in [2.45, 2.75) is 30.6 Å². The van der Waals surface area contributed by atoms with Gasteiger partial charge in [-0.2, -0.15) is 9.29 Å². The molecule has 1 fully saturated rings. The van der Waals surface area contributed by atoms with E-state index in [1.807, 2.05) is 13.0 Å². The predicted molar refractivity (Wildman–Crippen MR) is 105 cm³/mol. The Kier molecular flexibility index (Phi) is 4.75. The van der Waals surface area contributed by atoms with E-state index in [2.05, 4.69) is 10.1 Å². The van der Waals surface area contributed by atoms with Crippen molar-refractivity contribution in [1.29, 1.82) is 0 Å². The van der Waals surface area contributed by atoms with E-state index < -0.39 is 10.0 Å². The van der Waals surface area contributed by atoms with E-state index in [1.54, 1.807) is 18.2 Å². The normalized spacial score (nSPS) is 19.7. The standard InChI is InChI=1S/C20H21N3O6S/c1-13-4-6-17(28-13)19-21-20(29-22-19)14-3-2-8-23(12-14)30(24,25)15-5-7-16-18(11-15)27-10-9-26-16/h4-7,11,14H,2-3,8-10,12H2,1H3/t14-/m1/s1. The summed E-state index contributed by atoms with van der Waals surface area (Å²) in [6.45, 7) is 3.40. The van der Waals surface area contributed by atoms with E-state index in [4.69, 9.17) is 18.4 Å². The van der Waals surface area contributed by atoms with Crippen LogP contribution in [0.1, 0.15) is 30.4 Å². The molecule has 9 nitrogen and oxygen atoms in total. The van der Waals surface area contributed by atoms with Crippen LogP contribution in [-0.2, 0) is 10.0 Å². The average molecular weight is 431 g/mol. The van der Waals surface area contributed by atoms with Crippen LogP contribution in [-0.4, -0.2) is 49.2 Å². The minimum Gasteiger partial charge on any atom is -0.486 e. The van der Waals surface area contributed by atoms with Gasteiger partial charge in [0.2, 0.25) is 21.7 Å². The molecule has 3 aromatic rings. The summed E-state index contributed by atoms with van der Waals surface area (Å²) in [5, 5.41) is 3.99. The number of ether oxygens (including phenoxy) is 2. The van der Waals surface area contributed by atoms with Gasteiger partial charge in [-0.1, -0.05) is 5.16 Å². The minimum atomic E-state index is -3.69. The number of piperidine rings is 1. The molecule has 0 spiro atoms. The van der Waals surface area contributed by atoms with Crippen LogP contribution in [0.25, 0.3) is 11.6 Å². The molecule has 0 saturated carbocycles. The molecule has 0 aliphatic carbocycles. The smallest absolute Gasteiger partial charge is 0.243 e. The van der Waals surface area contributed by atoms with Gasteiger partial charge in [-0.05, 0) is 44.0 Å². The van der Waals surface area contributed by atoms with Gasteiger partial charge in [-0.25, -0.2) is 8.42 Å². The molecule has 0 N–H and O–H groups in total. The van der Waals surface area contributed by atoms with Crippen LogP contribution < -0.4 is 9.47 Å². The van der Waals surface area contributed by atoms with Crippen molar-refractivity contribution >= 4 is 10.0 Å². The summed E-state index contributed by atoms with van der Waals surface area (Å²) in [6.07, 6.45) is 1.47. The fraction of sp³-hybridized carbons (Fsp3) is 0.400. The highest BCUT2D eigenvalue weighted by Gasteiger charge is 2.34. The fourth-order valence-corrected chi connectivity index (χ4v) is 5.29. The van der Waals surface area contributed by atoms with Crippen molar-refractivity contribution in [3.05, 3.63) is 42.0 Å². The first-order valence-electron chi connectivity index (χ1n) is 9.81. The van der Waals surface area contributed by atoms with Gasteiger partial charge in [0.05, 0.1) is 10.8 Å². The Hall–Kier alpha value is -2.85. The van der Waals surface area contributed by atoms with Crippen molar-refractivity contribution < 1.29 is 26.8 Å². The Morgan fingerprint density at radius 1 is 1.10 bits per heavy atom. The van der Waals surface area contributed by atoms with Gasteiger partial charge in [-0.3, -0.25) is 0 Å². The van der Waals surface area contributed by atoms with Crippen LogP contribution in [0.2, 0.25) is 0 Å². The molecule has 5 rings (SSSR count). The molecule has 2 aliphatic heterocycles. The second-order valence-electron chi connectivity index (χ2n) is 7.37. The highest BCUT2D eigenvalue weighted by atomic mass is 32.2. The number of hydrogen-bond donors (Lipinski definition) is 0. The first-order chi connectivity index (χ1) is 14.5. The van der Waals surface area contributed by atoms with E-state index in [-0.39, 0.29) is 17.4 Å². The summed E-state index contributed by atoms with van der Waals surface area (Å²) >= 11 is 0. The van der Waals surface area contributed by atoms with E-state index in [0.717, 1.165) is 12.2 Å². The molecule has 30 heavy (non-hydrogen) atoms. The van der Waals surface area contributed by atoms with Crippen molar-refractivity contribution in [3.8, 4) is 23.1 Å². The Labute approximate surface area is 173 Å². The maximum absolute atomic E-state index is 13.2. The number of benzene rings is 1. The third-order valence-corrected chi connectivity index (χ3v) is 7.15. The molecule has 2 aliphatic rings. The van der Waals surface area contributed by atoms with Gasteiger partial charge in [0.1, 0.15) is 19.0 Å². The molecule has 2 aromatic heterocycles. The summed E-state index contributed by atoms with van der Waals surface area (Å²) in [6, 6.07) is 8.32. The number of nitrogens with zero attached hydrogens (tertiary/aromatic N) is 3. The van der Waals surface area contributed by atoms with E-state index in [9.17, 15) is 8.42 Å². The SMILES string of the molecule is Cc1ccc(-c2noc([C@@H]3CCCN(S(=O)(=O)c4ccc5c(c4)OCCO5)C3)n2)o1. The molecule has 0 amide bonds. The zero-order valence-electron chi connectivity index (χ0n) is 16.4. The molecule has 0 unspecified atom stereocenters. The summed E-state index contributed by atoms with van der Waals surface area (Å²) in [5.74, 6) is 2.90. The summed E-state index contributed by atoms with van der Waals surface area (Å²) in [5.41, 5.74) is 0. The van der Waals surface area contributed by atoms with Gasteiger partial charge in [0, 0.05) is 19.2 Å². The van der Waals surface area contributed by atoms with Crippen LogP contribution in [0, 0.1) is 6.92 Å². The zero-order valence-corrected chi connectivity index (χ0v) is 17.2. The van der Waals surface area contributed by atoms with Crippen LogP contribution in [0.5, 0.6) is 11.5 Å². The number of sulfonamides is 1. The molecule has 0 radical (unpaired) electrons. The van der Waals surface area contributed by atoms with Crippen molar-refractivity contribution in [2.75, 3.05) is 26.3 Å². The lowest BCUT2D eigenvalue weighted by Crippen LogP contribution is -2.39. The van der Waals surface area contributed by atoms with E-state index >= 15 is 0 Å². The largest absolute Gasteiger partial charge is 0.486 e. The van der Waals surface area contributed by atoms with Crippen molar-refractivity contribution in [2.24, 2.45) is 0 Å². The number of rotatable bonds is 4. The Bertz CT molecular complexity index is 1170.